The van der Waals surface area contributed by atoms with Gasteiger partial charge >= 0.3 is 0 Å². The van der Waals surface area contributed by atoms with Gasteiger partial charge in [0.25, 0.3) is 0 Å². The lowest BCUT2D eigenvalue weighted by molar-refractivity contribution is 0.282. The first-order valence-electron chi connectivity index (χ1n) is 8.95. The van der Waals surface area contributed by atoms with E-state index in [0.717, 1.165) is 49.6 Å². The Morgan fingerprint density at radius 3 is 2.67 bits per heavy atom. The van der Waals surface area contributed by atoms with Crippen molar-refractivity contribution >= 4 is 5.82 Å². The monoisotopic (exact) mass is 325 g/mol. The molecule has 1 fully saturated rings. The van der Waals surface area contributed by atoms with E-state index >= 15 is 0 Å². The molecule has 1 atom stereocenters. The minimum absolute atomic E-state index is 0.116. The maximum Gasteiger partial charge on any atom is 0.135 e. The Kier molecular flexibility index (Phi) is 5.46. The zero-order valence-electron chi connectivity index (χ0n) is 14.7. The average Bonchev–Trinajstić information content (AvgIpc) is 3.06. The van der Waals surface area contributed by atoms with E-state index in [-0.39, 0.29) is 6.61 Å². The number of aliphatic hydroxyl groups is 1. The fourth-order valence-corrected chi connectivity index (χ4v) is 3.51. The highest BCUT2D eigenvalue weighted by Gasteiger charge is 2.25. The summed E-state index contributed by atoms with van der Waals surface area (Å²) in [7, 11) is 0. The minimum Gasteiger partial charge on any atom is -0.392 e. The van der Waals surface area contributed by atoms with Gasteiger partial charge in [-0.25, -0.2) is 9.97 Å². The van der Waals surface area contributed by atoms with Crippen molar-refractivity contribution in [2.75, 3.05) is 18.0 Å². The predicted molar refractivity (Wildman–Crippen MR) is 97.2 cm³/mol. The van der Waals surface area contributed by atoms with Gasteiger partial charge < -0.3 is 10.0 Å². The summed E-state index contributed by atoms with van der Waals surface area (Å²) in [6.07, 6.45) is 6.46. The summed E-state index contributed by atoms with van der Waals surface area (Å²) in [5.74, 6) is 2.66. The normalized spacial score (nSPS) is 17.5. The molecule has 2 heterocycles. The Labute approximate surface area is 144 Å². The van der Waals surface area contributed by atoms with E-state index in [1.807, 2.05) is 25.3 Å². The summed E-state index contributed by atoms with van der Waals surface area (Å²) in [5, 5.41) is 9.15. The van der Waals surface area contributed by atoms with Crippen LogP contribution in [0.2, 0.25) is 0 Å². The highest BCUT2D eigenvalue weighted by Crippen LogP contribution is 2.28. The molecule has 0 amide bonds. The van der Waals surface area contributed by atoms with Crippen molar-refractivity contribution < 1.29 is 5.11 Å². The van der Waals surface area contributed by atoms with E-state index in [1.54, 1.807) is 0 Å². The maximum absolute atomic E-state index is 9.15. The minimum atomic E-state index is 0.116. The second-order valence-electron chi connectivity index (χ2n) is 6.80. The summed E-state index contributed by atoms with van der Waals surface area (Å²) >= 11 is 0. The molecular formula is C20H27N3O. The van der Waals surface area contributed by atoms with Crippen molar-refractivity contribution in [1.82, 2.24) is 9.97 Å². The third-order valence-corrected chi connectivity index (χ3v) is 4.80. The standard InChI is InChI=1S/C20H27N3O/c1-3-4-19-12-21-15(2)22-20(19)23-10-9-18(13-23)11-16-5-7-17(14-24)8-6-16/h5-8,12,18,24H,3-4,9-11,13-14H2,1-2H3/t18-/m1/s1. The van der Waals surface area contributed by atoms with Crippen LogP contribution in [-0.4, -0.2) is 28.2 Å². The molecule has 1 aromatic heterocycles. The smallest absolute Gasteiger partial charge is 0.135 e. The van der Waals surface area contributed by atoms with Crippen LogP contribution in [0.1, 0.15) is 42.3 Å². The molecule has 0 radical (unpaired) electrons. The van der Waals surface area contributed by atoms with Crippen LogP contribution >= 0.6 is 0 Å². The molecule has 4 nitrogen and oxygen atoms in total. The molecule has 1 aromatic carbocycles. The number of benzene rings is 1. The van der Waals surface area contributed by atoms with Gasteiger partial charge in [0.05, 0.1) is 6.61 Å². The lowest BCUT2D eigenvalue weighted by Gasteiger charge is -2.21. The average molecular weight is 325 g/mol. The first-order valence-corrected chi connectivity index (χ1v) is 8.95. The summed E-state index contributed by atoms with van der Waals surface area (Å²) in [5.41, 5.74) is 3.61. The molecule has 128 valence electrons. The van der Waals surface area contributed by atoms with Gasteiger partial charge in [0.2, 0.25) is 0 Å². The van der Waals surface area contributed by atoms with Crippen LogP contribution in [0.4, 0.5) is 5.82 Å². The molecule has 0 spiro atoms. The Balaban J connectivity index is 1.67. The van der Waals surface area contributed by atoms with E-state index in [0.29, 0.717) is 5.92 Å². The molecule has 0 unspecified atom stereocenters. The third kappa shape index (κ3) is 3.93. The Bertz CT molecular complexity index is 669. The lowest BCUT2D eigenvalue weighted by Crippen LogP contribution is -2.23. The quantitative estimate of drug-likeness (QED) is 0.885. The van der Waals surface area contributed by atoms with E-state index in [2.05, 4.69) is 28.9 Å². The topological polar surface area (TPSA) is 49.2 Å². The van der Waals surface area contributed by atoms with Crippen LogP contribution in [0.3, 0.4) is 0 Å². The summed E-state index contributed by atoms with van der Waals surface area (Å²) in [4.78, 5) is 11.5. The van der Waals surface area contributed by atoms with Crippen molar-refractivity contribution in [2.45, 2.75) is 46.1 Å². The van der Waals surface area contributed by atoms with Crippen molar-refractivity contribution in [3.63, 3.8) is 0 Å². The number of anilines is 1. The van der Waals surface area contributed by atoms with Crippen molar-refractivity contribution in [1.29, 1.82) is 0 Å². The fourth-order valence-electron chi connectivity index (χ4n) is 3.51. The molecule has 2 aromatic rings. The number of aliphatic hydroxyl groups excluding tert-OH is 1. The lowest BCUT2D eigenvalue weighted by atomic mass is 9.98. The van der Waals surface area contributed by atoms with Crippen LogP contribution in [0.5, 0.6) is 0 Å². The number of hydrogen-bond donors (Lipinski definition) is 1. The number of aryl methyl sites for hydroxylation is 2. The molecule has 1 aliphatic rings. The molecule has 24 heavy (non-hydrogen) atoms. The van der Waals surface area contributed by atoms with E-state index < -0.39 is 0 Å². The Hall–Kier alpha value is -1.94. The highest BCUT2D eigenvalue weighted by molar-refractivity contribution is 5.47. The molecule has 1 N–H and O–H groups in total. The van der Waals surface area contributed by atoms with Crippen LogP contribution in [-0.2, 0) is 19.4 Å². The molecule has 4 heteroatoms. The SMILES string of the molecule is CCCc1cnc(C)nc1N1CC[C@H](Cc2ccc(CO)cc2)C1. The van der Waals surface area contributed by atoms with Crippen LogP contribution in [0.15, 0.2) is 30.5 Å². The van der Waals surface area contributed by atoms with E-state index in [9.17, 15) is 0 Å². The van der Waals surface area contributed by atoms with E-state index in [1.165, 1.54) is 17.5 Å². The van der Waals surface area contributed by atoms with Crippen molar-refractivity contribution in [3.05, 3.63) is 53.0 Å². The number of nitrogens with zero attached hydrogens (tertiary/aromatic N) is 3. The molecule has 1 aliphatic heterocycles. The molecule has 1 saturated heterocycles. The van der Waals surface area contributed by atoms with Crippen molar-refractivity contribution in [3.8, 4) is 0 Å². The summed E-state index contributed by atoms with van der Waals surface area (Å²) in [6, 6.07) is 8.33. The molecule has 0 saturated carbocycles. The Morgan fingerprint density at radius 2 is 1.96 bits per heavy atom. The van der Waals surface area contributed by atoms with Crippen LogP contribution < -0.4 is 4.90 Å². The van der Waals surface area contributed by atoms with Gasteiger partial charge in [-0.1, -0.05) is 37.6 Å². The van der Waals surface area contributed by atoms with Gasteiger partial charge in [-0.05, 0) is 43.2 Å². The Morgan fingerprint density at radius 1 is 1.21 bits per heavy atom. The number of rotatable bonds is 6. The summed E-state index contributed by atoms with van der Waals surface area (Å²) < 4.78 is 0. The van der Waals surface area contributed by atoms with Gasteiger partial charge in [-0.15, -0.1) is 0 Å². The molecular weight excluding hydrogens is 298 g/mol. The summed E-state index contributed by atoms with van der Waals surface area (Å²) in [6.45, 7) is 6.42. The maximum atomic E-state index is 9.15. The molecule has 0 bridgehead atoms. The van der Waals surface area contributed by atoms with Crippen LogP contribution in [0, 0.1) is 12.8 Å². The number of hydrogen-bond acceptors (Lipinski definition) is 4. The zero-order valence-corrected chi connectivity index (χ0v) is 14.7. The second kappa shape index (κ2) is 7.75. The van der Waals surface area contributed by atoms with Gasteiger partial charge in [0.1, 0.15) is 11.6 Å². The highest BCUT2D eigenvalue weighted by atomic mass is 16.3. The zero-order chi connectivity index (χ0) is 16.9. The number of aromatic nitrogens is 2. The first kappa shape index (κ1) is 16.9. The first-order chi connectivity index (χ1) is 11.7. The second-order valence-corrected chi connectivity index (χ2v) is 6.80. The van der Waals surface area contributed by atoms with Gasteiger partial charge in [0, 0.05) is 24.8 Å². The van der Waals surface area contributed by atoms with Gasteiger partial charge in [-0.3, -0.25) is 0 Å². The predicted octanol–water partition coefficient (Wildman–Crippen LogP) is 3.30. The van der Waals surface area contributed by atoms with Gasteiger partial charge in [-0.2, -0.15) is 0 Å². The fraction of sp³-hybridized carbons (Fsp3) is 0.500. The van der Waals surface area contributed by atoms with Crippen LogP contribution in [0.25, 0.3) is 0 Å². The van der Waals surface area contributed by atoms with E-state index in [4.69, 9.17) is 10.1 Å². The van der Waals surface area contributed by atoms with Gasteiger partial charge in [0.15, 0.2) is 0 Å². The van der Waals surface area contributed by atoms with Crippen molar-refractivity contribution in [2.24, 2.45) is 5.92 Å². The largest absolute Gasteiger partial charge is 0.392 e. The third-order valence-electron chi connectivity index (χ3n) is 4.80. The molecule has 3 rings (SSSR count). The molecule has 0 aliphatic carbocycles.